The minimum atomic E-state index is -0.0698. The second-order valence-corrected chi connectivity index (χ2v) is 9.51. The monoisotopic (exact) mass is 445 g/mol. The normalized spacial score (nSPS) is 14.8. The van der Waals surface area contributed by atoms with Crippen LogP contribution >= 0.6 is 11.3 Å². The van der Waals surface area contributed by atoms with Gasteiger partial charge in [0, 0.05) is 18.7 Å². The van der Waals surface area contributed by atoms with Gasteiger partial charge in [0.25, 0.3) is 0 Å². The molecule has 0 aliphatic carbocycles. The van der Waals surface area contributed by atoms with E-state index in [0.29, 0.717) is 12.2 Å². The predicted octanol–water partition coefficient (Wildman–Crippen LogP) is 5.18. The lowest BCUT2D eigenvalue weighted by Crippen LogP contribution is -2.32. The molecule has 2 aromatic carbocycles. The summed E-state index contributed by atoms with van der Waals surface area (Å²) in [5.41, 5.74) is 3.85. The Bertz CT molecular complexity index is 1240. The van der Waals surface area contributed by atoms with Crippen LogP contribution in [0, 0.1) is 12.8 Å². The predicted molar refractivity (Wildman–Crippen MR) is 130 cm³/mol. The van der Waals surface area contributed by atoms with Gasteiger partial charge in [0.15, 0.2) is 5.82 Å². The Morgan fingerprint density at radius 2 is 1.81 bits per heavy atom. The first kappa shape index (κ1) is 20.7. The van der Waals surface area contributed by atoms with E-state index in [2.05, 4.69) is 17.1 Å². The van der Waals surface area contributed by atoms with Crippen molar-refractivity contribution in [3.63, 3.8) is 0 Å². The van der Waals surface area contributed by atoms with Crippen LogP contribution < -0.4 is 10.2 Å². The summed E-state index contributed by atoms with van der Waals surface area (Å²) in [5.74, 6) is 1.33. The fourth-order valence-corrected chi connectivity index (χ4v) is 5.09. The minimum absolute atomic E-state index is 0.0698. The molecule has 1 aliphatic heterocycles. The number of piperidine rings is 1. The third-order valence-corrected chi connectivity index (χ3v) is 7.13. The van der Waals surface area contributed by atoms with Gasteiger partial charge in [-0.1, -0.05) is 72.9 Å². The smallest absolute Gasteiger partial charge is 0.230 e. The first-order valence-electron chi connectivity index (χ1n) is 11.1. The number of carbonyl (C=O) groups is 1. The molecule has 4 aromatic rings. The first-order chi connectivity index (χ1) is 15.6. The highest BCUT2D eigenvalue weighted by Crippen LogP contribution is 2.34. The molecule has 0 saturated carbocycles. The molecule has 1 amide bonds. The third kappa shape index (κ3) is 4.12. The van der Waals surface area contributed by atoms with Crippen molar-refractivity contribution in [3.05, 3.63) is 65.7 Å². The number of amides is 1. The van der Waals surface area contributed by atoms with Crippen LogP contribution in [-0.4, -0.2) is 33.6 Å². The van der Waals surface area contributed by atoms with Gasteiger partial charge < -0.3 is 10.2 Å². The van der Waals surface area contributed by atoms with Crippen LogP contribution in [0.5, 0.6) is 0 Å². The van der Waals surface area contributed by atoms with Crippen LogP contribution in [0.4, 0.5) is 10.9 Å². The van der Waals surface area contributed by atoms with Crippen molar-refractivity contribution in [1.29, 1.82) is 0 Å². The van der Waals surface area contributed by atoms with Gasteiger partial charge in [-0.05, 0) is 36.8 Å². The molecule has 7 heteroatoms. The number of aryl methyl sites for hydroxylation is 1. The molecule has 1 aliphatic rings. The van der Waals surface area contributed by atoms with E-state index in [9.17, 15) is 4.79 Å². The Kier molecular flexibility index (Phi) is 5.66. The number of nitrogens with one attached hydrogen (secondary N) is 1. The lowest BCUT2D eigenvalue weighted by molar-refractivity contribution is -0.115. The van der Waals surface area contributed by atoms with Crippen LogP contribution in [-0.2, 0) is 11.2 Å². The molecular formula is C25H27N5OS. The summed E-state index contributed by atoms with van der Waals surface area (Å²) >= 11 is 1.58. The summed E-state index contributed by atoms with van der Waals surface area (Å²) in [6.07, 6.45) is 2.67. The number of anilines is 2. The number of benzene rings is 2. The van der Waals surface area contributed by atoms with Gasteiger partial charge in [0.05, 0.1) is 6.42 Å². The van der Waals surface area contributed by atoms with Crippen LogP contribution in [0.3, 0.4) is 0 Å². The zero-order chi connectivity index (χ0) is 22.1. The van der Waals surface area contributed by atoms with Crippen LogP contribution in [0.15, 0.2) is 54.6 Å². The fourth-order valence-electron chi connectivity index (χ4n) is 4.13. The van der Waals surface area contributed by atoms with Crippen molar-refractivity contribution < 1.29 is 4.79 Å². The minimum Gasteiger partial charge on any atom is -0.347 e. The second-order valence-electron chi connectivity index (χ2n) is 8.58. The molecule has 6 nitrogen and oxygen atoms in total. The molecule has 32 heavy (non-hydrogen) atoms. The van der Waals surface area contributed by atoms with Crippen molar-refractivity contribution in [3.8, 4) is 11.3 Å². The standard InChI is InChI=1S/C25H27N5OS/c1-17-12-14-29(15-13-17)25-28-30-23(26-21(31)16-20-11-7-6-8-18(20)2)22(27-24(30)32-25)19-9-4-3-5-10-19/h3-11,17H,12-16H2,1-2H3,(H,26,31). The molecule has 0 radical (unpaired) electrons. The molecule has 1 fully saturated rings. The second kappa shape index (κ2) is 8.74. The number of hydrogen-bond donors (Lipinski definition) is 1. The average Bonchev–Trinajstić information content (AvgIpc) is 3.36. The number of nitrogens with zero attached hydrogens (tertiary/aromatic N) is 4. The fraction of sp³-hybridized carbons (Fsp3) is 0.320. The number of aromatic nitrogens is 3. The first-order valence-corrected chi connectivity index (χ1v) is 11.9. The molecule has 0 bridgehead atoms. The van der Waals surface area contributed by atoms with Gasteiger partial charge in [-0.2, -0.15) is 4.52 Å². The van der Waals surface area contributed by atoms with E-state index >= 15 is 0 Å². The Morgan fingerprint density at radius 3 is 2.56 bits per heavy atom. The molecule has 0 spiro atoms. The van der Waals surface area contributed by atoms with Gasteiger partial charge in [-0.3, -0.25) is 4.79 Å². The van der Waals surface area contributed by atoms with Gasteiger partial charge in [-0.15, -0.1) is 5.10 Å². The Morgan fingerprint density at radius 1 is 1.09 bits per heavy atom. The van der Waals surface area contributed by atoms with E-state index in [-0.39, 0.29) is 5.91 Å². The van der Waals surface area contributed by atoms with E-state index in [0.717, 1.165) is 51.5 Å². The van der Waals surface area contributed by atoms with Crippen molar-refractivity contribution in [2.75, 3.05) is 23.3 Å². The number of fused-ring (bicyclic) bond motifs is 1. The summed E-state index contributed by atoms with van der Waals surface area (Å²) in [7, 11) is 0. The Balaban J connectivity index is 1.49. The van der Waals surface area contributed by atoms with Crippen molar-refractivity contribution >= 4 is 33.2 Å². The SMILES string of the molecule is Cc1ccccc1CC(=O)Nc1c(-c2ccccc2)nc2sc(N3CCC(C)CC3)nn12. The summed E-state index contributed by atoms with van der Waals surface area (Å²) in [4.78, 5) is 21.0. The number of rotatable bonds is 5. The largest absolute Gasteiger partial charge is 0.347 e. The molecule has 1 N–H and O–H groups in total. The maximum atomic E-state index is 13.0. The zero-order valence-electron chi connectivity index (χ0n) is 18.4. The van der Waals surface area contributed by atoms with E-state index in [1.807, 2.05) is 61.5 Å². The Labute approximate surface area is 191 Å². The molecule has 0 atom stereocenters. The number of carbonyl (C=O) groups excluding carboxylic acids is 1. The van der Waals surface area contributed by atoms with Crippen molar-refractivity contribution in [1.82, 2.24) is 14.6 Å². The summed E-state index contributed by atoms with van der Waals surface area (Å²) < 4.78 is 1.80. The molecule has 1 saturated heterocycles. The maximum Gasteiger partial charge on any atom is 0.230 e. The van der Waals surface area contributed by atoms with Crippen molar-refractivity contribution in [2.45, 2.75) is 33.1 Å². The topological polar surface area (TPSA) is 62.5 Å². The number of imidazole rings is 1. The van der Waals surface area contributed by atoms with E-state index in [4.69, 9.17) is 10.1 Å². The Hall–Kier alpha value is -3.19. The molecule has 2 aromatic heterocycles. The molecule has 5 rings (SSSR count). The van der Waals surface area contributed by atoms with Gasteiger partial charge in [-0.25, -0.2) is 4.98 Å². The number of hydrogen-bond acceptors (Lipinski definition) is 5. The van der Waals surface area contributed by atoms with E-state index < -0.39 is 0 Å². The van der Waals surface area contributed by atoms with Crippen LogP contribution in [0.1, 0.15) is 30.9 Å². The molecule has 3 heterocycles. The van der Waals surface area contributed by atoms with Gasteiger partial charge >= 0.3 is 0 Å². The molecular weight excluding hydrogens is 418 g/mol. The maximum absolute atomic E-state index is 13.0. The average molecular weight is 446 g/mol. The summed E-state index contributed by atoms with van der Waals surface area (Å²) in [5, 5.41) is 8.95. The zero-order valence-corrected chi connectivity index (χ0v) is 19.2. The van der Waals surface area contributed by atoms with Crippen LogP contribution in [0.25, 0.3) is 16.2 Å². The van der Waals surface area contributed by atoms with Gasteiger partial charge in [0.2, 0.25) is 16.0 Å². The van der Waals surface area contributed by atoms with Crippen LogP contribution in [0.2, 0.25) is 0 Å². The highest BCUT2D eigenvalue weighted by Gasteiger charge is 2.24. The summed E-state index contributed by atoms with van der Waals surface area (Å²) in [6, 6.07) is 17.9. The van der Waals surface area contributed by atoms with E-state index in [1.165, 1.54) is 12.8 Å². The lowest BCUT2D eigenvalue weighted by Gasteiger charge is -2.29. The van der Waals surface area contributed by atoms with E-state index in [1.54, 1.807) is 15.9 Å². The third-order valence-electron chi connectivity index (χ3n) is 6.16. The van der Waals surface area contributed by atoms with Gasteiger partial charge in [0.1, 0.15) is 5.69 Å². The summed E-state index contributed by atoms with van der Waals surface area (Å²) in [6.45, 7) is 6.36. The lowest BCUT2D eigenvalue weighted by atomic mass is 10.00. The van der Waals surface area contributed by atoms with Crippen molar-refractivity contribution in [2.24, 2.45) is 5.92 Å². The highest BCUT2D eigenvalue weighted by atomic mass is 32.1. The molecule has 0 unspecified atom stereocenters. The molecule has 164 valence electrons. The quantitative estimate of drug-likeness (QED) is 0.460. The highest BCUT2D eigenvalue weighted by molar-refractivity contribution is 7.20.